The second-order valence-electron chi connectivity index (χ2n) is 3.69. The molecule has 1 nitrogen and oxygen atoms in total. The van der Waals surface area contributed by atoms with Crippen LogP contribution in [-0.4, -0.2) is 5.25 Å². The average molecular weight is 249 g/mol. The topological polar surface area (TPSA) is 26.0 Å². The lowest BCUT2D eigenvalue weighted by atomic mass is 10.1. The molecule has 0 amide bonds. The molecule has 2 aromatic rings. The molecule has 0 radical (unpaired) electrons. The van der Waals surface area contributed by atoms with E-state index in [1.807, 2.05) is 30.0 Å². The van der Waals surface area contributed by atoms with E-state index < -0.39 is 0 Å². The lowest BCUT2D eigenvalue weighted by molar-refractivity contribution is 0.715. The van der Waals surface area contributed by atoms with Crippen molar-refractivity contribution >= 4 is 23.1 Å². The van der Waals surface area contributed by atoms with Crippen LogP contribution in [-0.2, 0) is 0 Å². The van der Waals surface area contributed by atoms with Crippen LogP contribution >= 0.6 is 23.1 Å². The summed E-state index contributed by atoms with van der Waals surface area (Å²) in [6, 6.07) is 14.6. The van der Waals surface area contributed by atoms with Gasteiger partial charge in [0.1, 0.15) is 0 Å². The van der Waals surface area contributed by atoms with Gasteiger partial charge in [-0.15, -0.1) is 23.1 Å². The molecule has 2 N–H and O–H groups in total. The highest BCUT2D eigenvalue weighted by Gasteiger charge is 2.15. The van der Waals surface area contributed by atoms with Crippen molar-refractivity contribution in [3.05, 3.63) is 53.4 Å². The van der Waals surface area contributed by atoms with E-state index in [0.29, 0.717) is 5.25 Å². The standard InChI is InChI=1S/C13H15NS2/c1-10(16-12-8-5-9-15-12)13(14)11-6-3-2-4-7-11/h2-10,13H,14H2,1H3. The Kier molecular flexibility index (Phi) is 4.04. The highest BCUT2D eigenvalue weighted by atomic mass is 32.2. The van der Waals surface area contributed by atoms with Gasteiger partial charge in [-0.1, -0.05) is 43.3 Å². The normalized spacial score (nSPS) is 14.6. The van der Waals surface area contributed by atoms with Gasteiger partial charge >= 0.3 is 0 Å². The molecule has 1 aromatic heterocycles. The molecule has 2 rings (SSSR count). The lowest BCUT2D eigenvalue weighted by Gasteiger charge is -2.19. The van der Waals surface area contributed by atoms with E-state index in [1.165, 1.54) is 9.77 Å². The summed E-state index contributed by atoms with van der Waals surface area (Å²) in [6.45, 7) is 2.18. The van der Waals surface area contributed by atoms with Gasteiger partial charge in [-0.05, 0) is 17.0 Å². The van der Waals surface area contributed by atoms with Crippen LogP contribution in [0.3, 0.4) is 0 Å². The van der Waals surface area contributed by atoms with E-state index in [1.54, 1.807) is 11.3 Å². The van der Waals surface area contributed by atoms with E-state index in [2.05, 4.69) is 36.6 Å². The number of hydrogen-bond donors (Lipinski definition) is 1. The molecular weight excluding hydrogens is 234 g/mol. The molecule has 0 spiro atoms. The zero-order valence-electron chi connectivity index (χ0n) is 9.17. The molecule has 84 valence electrons. The Bertz CT molecular complexity index is 411. The molecule has 1 heterocycles. The van der Waals surface area contributed by atoms with Crippen LogP contribution in [0.5, 0.6) is 0 Å². The summed E-state index contributed by atoms with van der Waals surface area (Å²) in [5.41, 5.74) is 7.45. The molecule has 0 saturated heterocycles. The van der Waals surface area contributed by atoms with Crippen LogP contribution in [0.4, 0.5) is 0 Å². The summed E-state index contributed by atoms with van der Waals surface area (Å²) in [6.07, 6.45) is 0. The van der Waals surface area contributed by atoms with Crippen LogP contribution in [0.1, 0.15) is 18.5 Å². The highest BCUT2D eigenvalue weighted by Crippen LogP contribution is 2.33. The number of nitrogens with two attached hydrogens (primary N) is 1. The predicted molar refractivity (Wildman–Crippen MR) is 73.0 cm³/mol. The third kappa shape index (κ3) is 2.88. The maximum absolute atomic E-state index is 6.24. The van der Waals surface area contributed by atoms with Crippen LogP contribution < -0.4 is 5.73 Å². The maximum atomic E-state index is 6.24. The van der Waals surface area contributed by atoms with Gasteiger partial charge in [0.05, 0.1) is 4.21 Å². The first-order chi connectivity index (χ1) is 7.77. The van der Waals surface area contributed by atoms with Crippen molar-refractivity contribution in [1.82, 2.24) is 0 Å². The average Bonchev–Trinajstić information content (AvgIpc) is 2.82. The molecule has 16 heavy (non-hydrogen) atoms. The molecule has 1 aromatic carbocycles. The fraction of sp³-hybridized carbons (Fsp3) is 0.231. The first-order valence-corrected chi connectivity index (χ1v) is 7.04. The summed E-state index contributed by atoms with van der Waals surface area (Å²) in [4.78, 5) is 0. The van der Waals surface area contributed by atoms with Gasteiger partial charge in [-0.2, -0.15) is 0 Å². The second-order valence-corrected chi connectivity index (χ2v) is 6.32. The Hall–Kier alpha value is -0.770. The minimum atomic E-state index is 0.0910. The highest BCUT2D eigenvalue weighted by molar-refractivity contribution is 8.01. The van der Waals surface area contributed by atoms with E-state index >= 15 is 0 Å². The molecular formula is C13H15NS2. The van der Waals surface area contributed by atoms with Gasteiger partial charge in [0, 0.05) is 11.3 Å². The van der Waals surface area contributed by atoms with Crippen molar-refractivity contribution < 1.29 is 0 Å². The van der Waals surface area contributed by atoms with E-state index in [0.717, 1.165) is 0 Å². The van der Waals surface area contributed by atoms with Gasteiger partial charge in [0.2, 0.25) is 0 Å². The van der Waals surface area contributed by atoms with Crippen molar-refractivity contribution in [2.45, 2.75) is 22.4 Å². The molecule has 0 aliphatic heterocycles. The molecule has 0 saturated carbocycles. The van der Waals surface area contributed by atoms with Crippen molar-refractivity contribution in [2.75, 3.05) is 0 Å². The minimum absolute atomic E-state index is 0.0910. The predicted octanol–water partition coefficient (Wildman–Crippen LogP) is 3.93. The van der Waals surface area contributed by atoms with E-state index in [4.69, 9.17) is 5.73 Å². The summed E-state index contributed by atoms with van der Waals surface area (Å²) in [7, 11) is 0. The fourth-order valence-electron chi connectivity index (χ4n) is 1.53. The Morgan fingerprint density at radius 2 is 1.88 bits per heavy atom. The fourth-order valence-corrected chi connectivity index (χ4v) is 3.65. The Morgan fingerprint density at radius 1 is 1.12 bits per heavy atom. The molecule has 2 unspecified atom stereocenters. The number of benzene rings is 1. The van der Waals surface area contributed by atoms with Crippen LogP contribution in [0.2, 0.25) is 0 Å². The van der Waals surface area contributed by atoms with Crippen molar-refractivity contribution in [1.29, 1.82) is 0 Å². The monoisotopic (exact) mass is 249 g/mol. The summed E-state index contributed by atoms with van der Waals surface area (Å²) < 4.78 is 1.33. The van der Waals surface area contributed by atoms with Crippen LogP contribution in [0.15, 0.2) is 52.1 Å². The smallest absolute Gasteiger partial charge is 0.0601 e. The summed E-state index contributed by atoms with van der Waals surface area (Å²) in [5, 5.41) is 2.49. The molecule has 2 atom stereocenters. The lowest BCUT2D eigenvalue weighted by Crippen LogP contribution is -2.20. The third-order valence-electron chi connectivity index (χ3n) is 2.49. The minimum Gasteiger partial charge on any atom is -0.323 e. The zero-order valence-corrected chi connectivity index (χ0v) is 10.8. The molecule has 0 aliphatic rings. The number of thioether (sulfide) groups is 1. The first kappa shape index (κ1) is 11.7. The third-order valence-corrected chi connectivity index (χ3v) is 4.76. The number of hydrogen-bond acceptors (Lipinski definition) is 3. The molecule has 3 heteroatoms. The second kappa shape index (κ2) is 5.53. The van der Waals surface area contributed by atoms with Gasteiger partial charge < -0.3 is 5.73 Å². The Labute approximate surface area is 105 Å². The van der Waals surface area contributed by atoms with Crippen LogP contribution in [0.25, 0.3) is 0 Å². The maximum Gasteiger partial charge on any atom is 0.0601 e. The van der Waals surface area contributed by atoms with E-state index in [-0.39, 0.29) is 6.04 Å². The molecule has 0 bridgehead atoms. The molecule has 0 fully saturated rings. The largest absolute Gasteiger partial charge is 0.323 e. The Morgan fingerprint density at radius 3 is 2.50 bits per heavy atom. The Balaban J connectivity index is 2.02. The number of rotatable bonds is 4. The zero-order chi connectivity index (χ0) is 11.4. The first-order valence-electron chi connectivity index (χ1n) is 5.28. The van der Waals surface area contributed by atoms with Crippen LogP contribution in [0, 0.1) is 0 Å². The van der Waals surface area contributed by atoms with Crippen molar-refractivity contribution in [3.8, 4) is 0 Å². The summed E-state index contributed by atoms with van der Waals surface area (Å²) >= 11 is 3.62. The van der Waals surface area contributed by atoms with Crippen molar-refractivity contribution in [2.24, 2.45) is 5.73 Å². The quantitative estimate of drug-likeness (QED) is 0.831. The van der Waals surface area contributed by atoms with Gasteiger partial charge in [0.25, 0.3) is 0 Å². The number of thiophene rings is 1. The van der Waals surface area contributed by atoms with Gasteiger partial charge in [-0.3, -0.25) is 0 Å². The SMILES string of the molecule is CC(Sc1cccs1)C(N)c1ccccc1. The van der Waals surface area contributed by atoms with E-state index in [9.17, 15) is 0 Å². The van der Waals surface area contributed by atoms with Gasteiger partial charge in [0.15, 0.2) is 0 Å². The summed E-state index contributed by atoms with van der Waals surface area (Å²) in [5.74, 6) is 0. The van der Waals surface area contributed by atoms with Gasteiger partial charge in [-0.25, -0.2) is 0 Å². The van der Waals surface area contributed by atoms with Crippen molar-refractivity contribution in [3.63, 3.8) is 0 Å². The molecule has 0 aliphatic carbocycles.